The van der Waals surface area contributed by atoms with E-state index in [-0.39, 0.29) is 11.2 Å². The molecule has 0 saturated heterocycles. The summed E-state index contributed by atoms with van der Waals surface area (Å²) in [5.41, 5.74) is 0.273. The zero-order valence-corrected chi connectivity index (χ0v) is 11.8. The minimum absolute atomic E-state index is 0.169. The van der Waals surface area contributed by atoms with Crippen LogP contribution in [0, 0.1) is 23.2 Å². The maximum absolute atomic E-state index is 13.1. The van der Waals surface area contributed by atoms with E-state index in [9.17, 15) is 4.79 Å². The van der Waals surface area contributed by atoms with E-state index in [4.69, 9.17) is 4.74 Å². The zero-order chi connectivity index (χ0) is 13.7. The van der Waals surface area contributed by atoms with Gasteiger partial charge >= 0.3 is 0 Å². The highest BCUT2D eigenvalue weighted by Gasteiger charge is 2.55. The third kappa shape index (κ3) is 1.70. The standard InChI is InChI=1S/C16H20N2O2/c1-20-15-13(17-2-3-18-15)14(19)16-7-10-4-11(8-16)6-12(5-10)9-16/h2-3,10-12H,4-9H2,1H3. The summed E-state index contributed by atoms with van der Waals surface area (Å²) in [4.78, 5) is 21.5. The summed E-state index contributed by atoms with van der Waals surface area (Å²) in [7, 11) is 1.56. The van der Waals surface area contributed by atoms with Gasteiger partial charge in [0.05, 0.1) is 7.11 Å². The molecule has 0 N–H and O–H groups in total. The molecule has 4 aliphatic carbocycles. The van der Waals surface area contributed by atoms with E-state index in [0.29, 0.717) is 11.6 Å². The summed E-state index contributed by atoms with van der Waals surface area (Å²) in [5.74, 6) is 2.84. The molecule has 20 heavy (non-hydrogen) atoms. The van der Waals surface area contributed by atoms with Crippen LogP contribution in [0.1, 0.15) is 49.0 Å². The first kappa shape index (κ1) is 12.3. The monoisotopic (exact) mass is 272 g/mol. The van der Waals surface area contributed by atoms with Crippen LogP contribution in [0.25, 0.3) is 0 Å². The minimum atomic E-state index is -0.169. The molecule has 4 nitrogen and oxygen atoms in total. The zero-order valence-electron chi connectivity index (χ0n) is 11.8. The Hall–Kier alpha value is -1.45. The van der Waals surface area contributed by atoms with Gasteiger partial charge in [0.15, 0.2) is 11.5 Å². The lowest BCUT2D eigenvalue weighted by atomic mass is 9.48. The second-order valence-electron chi connectivity index (χ2n) is 6.94. The Morgan fingerprint density at radius 3 is 2.20 bits per heavy atom. The van der Waals surface area contributed by atoms with Gasteiger partial charge in [0, 0.05) is 17.8 Å². The molecule has 0 amide bonds. The fourth-order valence-corrected chi connectivity index (χ4v) is 5.27. The quantitative estimate of drug-likeness (QED) is 0.794. The van der Waals surface area contributed by atoms with Gasteiger partial charge in [-0.15, -0.1) is 0 Å². The molecule has 4 saturated carbocycles. The number of Topliss-reactive ketones (excluding diaryl/α,β-unsaturated/α-hetero) is 1. The van der Waals surface area contributed by atoms with Crippen LogP contribution in [-0.4, -0.2) is 22.9 Å². The van der Waals surface area contributed by atoms with Gasteiger partial charge in [-0.1, -0.05) is 0 Å². The van der Waals surface area contributed by atoms with E-state index in [1.54, 1.807) is 19.5 Å². The molecular formula is C16H20N2O2. The molecule has 0 spiro atoms. The van der Waals surface area contributed by atoms with E-state index >= 15 is 0 Å². The van der Waals surface area contributed by atoms with Gasteiger partial charge in [0.1, 0.15) is 0 Å². The molecule has 1 heterocycles. The van der Waals surface area contributed by atoms with Crippen LogP contribution < -0.4 is 4.74 Å². The summed E-state index contributed by atoms with van der Waals surface area (Å²) in [6.45, 7) is 0. The van der Waals surface area contributed by atoms with Crippen LogP contribution in [0.4, 0.5) is 0 Å². The number of hydrogen-bond acceptors (Lipinski definition) is 4. The molecule has 0 radical (unpaired) electrons. The molecule has 0 atom stereocenters. The third-order valence-corrected chi connectivity index (χ3v) is 5.59. The predicted molar refractivity (Wildman–Crippen MR) is 73.5 cm³/mol. The number of carbonyl (C=O) groups is 1. The second kappa shape index (κ2) is 4.27. The van der Waals surface area contributed by atoms with Crippen LogP contribution in [0.2, 0.25) is 0 Å². The second-order valence-corrected chi connectivity index (χ2v) is 6.94. The summed E-state index contributed by atoms with van der Waals surface area (Å²) in [5, 5.41) is 0. The Morgan fingerprint density at radius 1 is 1.10 bits per heavy atom. The molecule has 5 rings (SSSR count). The predicted octanol–water partition coefficient (Wildman–Crippen LogP) is 2.88. The van der Waals surface area contributed by atoms with Gasteiger partial charge in [-0.25, -0.2) is 9.97 Å². The average Bonchev–Trinajstić information content (AvgIpc) is 2.45. The number of carbonyl (C=O) groups excluding carboxylic acids is 1. The Balaban J connectivity index is 1.71. The van der Waals surface area contributed by atoms with Crippen molar-refractivity contribution in [2.24, 2.45) is 23.2 Å². The molecule has 4 heteroatoms. The number of methoxy groups -OCH3 is 1. The summed E-state index contributed by atoms with van der Waals surface area (Å²) in [6, 6.07) is 0. The first-order valence-electron chi connectivity index (χ1n) is 7.60. The Labute approximate surface area is 119 Å². The number of nitrogens with zero attached hydrogens (tertiary/aromatic N) is 2. The van der Waals surface area contributed by atoms with E-state index in [1.165, 1.54) is 19.3 Å². The van der Waals surface area contributed by atoms with Crippen LogP contribution in [0.3, 0.4) is 0 Å². The minimum Gasteiger partial charge on any atom is -0.479 e. The molecule has 4 fully saturated rings. The third-order valence-electron chi connectivity index (χ3n) is 5.59. The van der Waals surface area contributed by atoms with Crippen molar-refractivity contribution in [2.45, 2.75) is 38.5 Å². The molecule has 0 unspecified atom stereocenters. The van der Waals surface area contributed by atoms with Gasteiger partial charge < -0.3 is 4.74 Å². The van der Waals surface area contributed by atoms with Crippen LogP contribution in [-0.2, 0) is 0 Å². The van der Waals surface area contributed by atoms with Gasteiger partial charge in [0.2, 0.25) is 5.88 Å². The highest BCUT2D eigenvalue weighted by Crippen LogP contribution is 2.61. The van der Waals surface area contributed by atoms with Crippen molar-refractivity contribution >= 4 is 5.78 Å². The number of hydrogen-bond donors (Lipinski definition) is 0. The smallest absolute Gasteiger partial charge is 0.243 e. The molecule has 0 aliphatic heterocycles. The van der Waals surface area contributed by atoms with E-state index < -0.39 is 0 Å². The van der Waals surface area contributed by atoms with Crippen molar-refractivity contribution in [1.29, 1.82) is 0 Å². The van der Waals surface area contributed by atoms with Crippen LogP contribution in [0.15, 0.2) is 12.4 Å². The molecule has 4 aliphatic rings. The van der Waals surface area contributed by atoms with Crippen LogP contribution in [0.5, 0.6) is 5.88 Å². The maximum Gasteiger partial charge on any atom is 0.243 e. The van der Waals surface area contributed by atoms with Crippen molar-refractivity contribution in [1.82, 2.24) is 9.97 Å². The van der Waals surface area contributed by atoms with Gasteiger partial charge in [-0.3, -0.25) is 4.79 Å². The summed E-state index contributed by atoms with van der Waals surface area (Å²) in [6.07, 6.45) is 10.3. The molecule has 106 valence electrons. The SMILES string of the molecule is COc1nccnc1C(=O)C12CC3CC(CC(C3)C1)C2. The highest BCUT2D eigenvalue weighted by atomic mass is 16.5. The molecule has 1 aromatic heterocycles. The fourth-order valence-electron chi connectivity index (χ4n) is 5.27. The molecule has 0 aromatic carbocycles. The van der Waals surface area contributed by atoms with Gasteiger partial charge in [-0.05, 0) is 56.3 Å². The van der Waals surface area contributed by atoms with E-state index in [1.807, 2.05) is 0 Å². The summed E-state index contributed by atoms with van der Waals surface area (Å²) < 4.78 is 5.24. The van der Waals surface area contributed by atoms with E-state index in [0.717, 1.165) is 37.0 Å². The number of aromatic nitrogens is 2. The van der Waals surface area contributed by atoms with Gasteiger partial charge in [0.25, 0.3) is 0 Å². The summed E-state index contributed by atoms with van der Waals surface area (Å²) >= 11 is 0. The van der Waals surface area contributed by atoms with E-state index in [2.05, 4.69) is 9.97 Å². The molecular weight excluding hydrogens is 252 g/mol. The van der Waals surface area contributed by atoms with Crippen LogP contribution >= 0.6 is 0 Å². The first-order valence-corrected chi connectivity index (χ1v) is 7.60. The van der Waals surface area contributed by atoms with Crippen molar-refractivity contribution in [2.75, 3.05) is 7.11 Å². The van der Waals surface area contributed by atoms with Crippen molar-refractivity contribution in [3.8, 4) is 5.88 Å². The fraction of sp³-hybridized carbons (Fsp3) is 0.688. The van der Waals surface area contributed by atoms with Crippen molar-refractivity contribution in [3.05, 3.63) is 18.1 Å². The average molecular weight is 272 g/mol. The Kier molecular flexibility index (Phi) is 2.63. The lowest BCUT2D eigenvalue weighted by molar-refractivity contribution is -0.0357. The molecule has 4 bridgehead atoms. The topological polar surface area (TPSA) is 52.1 Å². The molecule has 1 aromatic rings. The largest absolute Gasteiger partial charge is 0.479 e. The number of ether oxygens (including phenoxy) is 1. The first-order chi connectivity index (χ1) is 9.70. The maximum atomic E-state index is 13.1. The highest BCUT2D eigenvalue weighted by molar-refractivity contribution is 6.00. The number of rotatable bonds is 3. The van der Waals surface area contributed by atoms with Crippen molar-refractivity contribution in [3.63, 3.8) is 0 Å². The Bertz CT molecular complexity index is 520. The number of ketones is 1. The van der Waals surface area contributed by atoms with Gasteiger partial charge in [-0.2, -0.15) is 0 Å². The lowest BCUT2D eigenvalue weighted by Crippen LogP contribution is -2.50. The Morgan fingerprint density at radius 2 is 1.65 bits per heavy atom. The van der Waals surface area contributed by atoms with Crippen molar-refractivity contribution < 1.29 is 9.53 Å². The normalized spacial score (nSPS) is 38.0. The lowest BCUT2D eigenvalue weighted by Gasteiger charge is -2.55.